The van der Waals surface area contributed by atoms with Crippen LogP contribution in [-0.4, -0.2) is 17.1 Å². The summed E-state index contributed by atoms with van der Waals surface area (Å²) in [5.41, 5.74) is 7.47. The van der Waals surface area contributed by atoms with E-state index >= 15 is 0 Å². The molecule has 2 N–H and O–H groups in total. The summed E-state index contributed by atoms with van der Waals surface area (Å²) in [6.07, 6.45) is 3.39. The molecule has 0 unspecified atom stereocenters. The van der Waals surface area contributed by atoms with E-state index in [1.54, 1.807) is 31.3 Å². The Kier molecular flexibility index (Phi) is 3.82. The van der Waals surface area contributed by atoms with Crippen molar-refractivity contribution in [3.8, 4) is 5.88 Å². The fraction of sp³-hybridized carbons (Fsp3) is 0.167. The van der Waals surface area contributed by atoms with E-state index in [9.17, 15) is 0 Å². The highest BCUT2D eigenvalue weighted by molar-refractivity contribution is 7.98. The average Bonchev–Trinajstić information content (AvgIpc) is 2.38. The molecule has 0 radical (unpaired) electrons. The van der Waals surface area contributed by atoms with E-state index in [0.717, 1.165) is 16.3 Å². The van der Waals surface area contributed by atoms with Crippen LogP contribution in [0.2, 0.25) is 0 Å². The van der Waals surface area contributed by atoms with Crippen LogP contribution in [0.15, 0.2) is 41.6 Å². The van der Waals surface area contributed by atoms with E-state index in [4.69, 9.17) is 10.5 Å². The Balaban J connectivity index is 2.05. The van der Waals surface area contributed by atoms with Crippen LogP contribution >= 0.6 is 11.8 Å². The zero-order chi connectivity index (χ0) is 12.1. The standard InChI is InChI=1S/C12H13N3OS/c1-16-12-4-2-3-9(15-12)8-17-11-5-6-14-7-10(11)13/h2-7H,8,13H2,1H3. The van der Waals surface area contributed by atoms with Crippen molar-refractivity contribution in [2.45, 2.75) is 10.6 Å². The highest BCUT2D eigenvalue weighted by Gasteiger charge is 2.02. The molecule has 0 bridgehead atoms. The van der Waals surface area contributed by atoms with Crippen LogP contribution < -0.4 is 10.5 Å². The number of pyridine rings is 2. The van der Waals surface area contributed by atoms with Crippen LogP contribution in [0.25, 0.3) is 0 Å². The van der Waals surface area contributed by atoms with Crippen LogP contribution in [0, 0.1) is 0 Å². The molecule has 2 heterocycles. The lowest BCUT2D eigenvalue weighted by atomic mass is 10.4. The number of hydrogen-bond acceptors (Lipinski definition) is 5. The van der Waals surface area contributed by atoms with Gasteiger partial charge in [0, 0.05) is 22.9 Å². The molecule has 0 spiro atoms. The van der Waals surface area contributed by atoms with Gasteiger partial charge in [-0.05, 0) is 12.1 Å². The molecule has 0 aliphatic carbocycles. The van der Waals surface area contributed by atoms with E-state index < -0.39 is 0 Å². The van der Waals surface area contributed by atoms with Crippen molar-refractivity contribution in [1.82, 2.24) is 9.97 Å². The number of thioether (sulfide) groups is 1. The van der Waals surface area contributed by atoms with Crippen LogP contribution in [0.4, 0.5) is 5.69 Å². The van der Waals surface area contributed by atoms with Gasteiger partial charge >= 0.3 is 0 Å². The number of hydrogen-bond donors (Lipinski definition) is 1. The molecule has 0 saturated carbocycles. The summed E-state index contributed by atoms with van der Waals surface area (Å²) in [7, 11) is 1.61. The van der Waals surface area contributed by atoms with E-state index in [1.165, 1.54) is 0 Å². The molecule has 0 aromatic carbocycles. The first-order valence-electron chi connectivity index (χ1n) is 5.12. The number of ether oxygens (including phenoxy) is 1. The number of nitrogens with two attached hydrogens (primary N) is 1. The third kappa shape index (κ3) is 3.10. The molecule has 0 amide bonds. The Labute approximate surface area is 104 Å². The number of aromatic nitrogens is 2. The second-order valence-corrected chi connectivity index (χ2v) is 4.39. The summed E-state index contributed by atoms with van der Waals surface area (Å²) in [6, 6.07) is 7.62. The quantitative estimate of drug-likeness (QED) is 0.840. The van der Waals surface area contributed by atoms with Crippen molar-refractivity contribution in [1.29, 1.82) is 0 Å². The summed E-state index contributed by atoms with van der Waals surface area (Å²) >= 11 is 1.64. The van der Waals surface area contributed by atoms with Gasteiger partial charge in [0.05, 0.1) is 24.7 Å². The van der Waals surface area contributed by atoms with Crippen molar-refractivity contribution in [3.05, 3.63) is 42.4 Å². The lowest BCUT2D eigenvalue weighted by Gasteiger charge is -2.05. The van der Waals surface area contributed by atoms with Crippen molar-refractivity contribution in [3.63, 3.8) is 0 Å². The monoisotopic (exact) mass is 247 g/mol. The molecule has 0 aliphatic heterocycles. The van der Waals surface area contributed by atoms with Crippen molar-refractivity contribution in [2.75, 3.05) is 12.8 Å². The van der Waals surface area contributed by atoms with Crippen LogP contribution in [0.1, 0.15) is 5.69 Å². The molecule has 0 saturated heterocycles. The van der Waals surface area contributed by atoms with Gasteiger partial charge in [-0.2, -0.15) is 0 Å². The van der Waals surface area contributed by atoms with Gasteiger partial charge in [0.15, 0.2) is 0 Å². The van der Waals surface area contributed by atoms with Gasteiger partial charge in [0.25, 0.3) is 0 Å². The molecular formula is C12H13N3OS. The van der Waals surface area contributed by atoms with Crippen molar-refractivity contribution < 1.29 is 4.74 Å². The van der Waals surface area contributed by atoms with Gasteiger partial charge in [-0.3, -0.25) is 4.98 Å². The highest BCUT2D eigenvalue weighted by atomic mass is 32.2. The second-order valence-electron chi connectivity index (χ2n) is 3.37. The summed E-state index contributed by atoms with van der Waals surface area (Å²) in [4.78, 5) is 9.31. The lowest BCUT2D eigenvalue weighted by molar-refractivity contribution is 0.397. The Morgan fingerprint density at radius 1 is 1.35 bits per heavy atom. The van der Waals surface area contributed by atoms with E-state index in [2.05, 4.69) is 9.97 Å². The molecule has 5 heteroatoms. The first kappa shape index (κ1) is 11.7. The van der Waals surface area contributed by atoms with Crippen molar-refractivity contribution in [2.24, 2.45) is 0 Å². The number of nitrogen functional groups attached to an aromatic ring is 1. The molecule has 2 aromatic rings. The van der Waals surface area contributed by atoms with Gasteiger partial charge < -0.3 is 10.5 Å². The SMILES string of the molecule is COc1cccc(CSc2ccncc2N)n1. The number of anilines is 1. The molecule has 17 heavy (non-hydrogen) atoms. The minimum Gasteiger partial charge on any atom is -0.481 e. The van der Waals surface area contributed by atoms with Gasteiger partial charge in [-0.1, -0.05) is 6.07 Å². The molecular weight excluding hydrogens is 234 g/mol. The Hall–Kier alpha value is -1.75. The van der Waals surface area contributed by atoms with Gasteiger partial charge in [-0.15, -0.1) is 11.8 Å². The molecule has 4 nitrogen and oxygen atoms in total. The number of methoxy groups -OCH3 is 1. The van der Waals surface area contributed by atoms with Gasteiger partial charge in [0.1, 0.15) is 0 Å². The molecule has 0 atom stereocenters. The third-order valence-electron chi connectivity index (χ3n) is 2.18. The van der Waals surface area contributed by atoms with Crippen LogP contribution in [0.3, 0.4) is 0 Å². The van der Waals surface area contributed by atoms with E-state index in [-0.39, 0.29) is 0 Å². The van der Waals surface area contributed by atoms with Crippen molar-refractivity contribution >= 4 is 17.4 Å². The maximum absolute atomic E-state index is 5.81. The topological polar surface area (TPSA) is 61.0 Å². The first-order chi connectivity index (χ1) is 8.29. The molecule has 2 aromatic heterocycles. The third-order valence-corrected chi connectivity index (χ3v) is 3.30. The van der Waals surface area contributed by atoms with Crippen LogP contribution in [0.5, 0.6) is 5.88 Å². The number of rotatable bonds is 4. The summed E-state index contributed by atoms with van der Waals surface area (Å²) in [5.74, 6) is 1.39. The Morgan fingerprint density at radius 2 is 2.24 bits per heavy atom. The minimum atomic E-state index is 0.630. The molecule has 2 rings (SSSR count). The lowest BCUT2D eigenvalue weighted by Crippen LogP contribution is -1.93. The summed E-state index contributed by atoms with van der Waals surface area (Å²) < 4.78 is 5.08. The molecule has 0 aliphatic rings. The number of nitrogens with zero attached hydrogens (tertiary/aromatic N) is 2. The Bertz CT molecular complexity index is 505. The highest BCUT2D eigenvalue weighted by Crippen LogP contribution is 2.26. The predicted octanol–water partition coefficient (Wildman–Crippen LogP) is 2.36. The summed E-state index contributed by atoms with van der Waals surface area (Å²) in [6.45, 7) is 0. The van der Waals surface area contributed by atoms with Gasteiger partial charge in [-0.25, -0.2) is 4.98 Å². The fourth-order valence-corrected chi connectivity index (χ4v) is 2.17. The Morgan fingerprint density at radius 3 is 3.00 bits per heavy atom. The molecule has 0 fully saturated rings. The van der Waals surface area contributed by atoms with E-state index in [1.807, 2.05) is 24.3 Å². The second kappa shape index (κ2) is 5.54. The zero-order valence-corrected chi connectivity index (χ0v) is 10.3. The average molecular weight is 247 g/mol. The molecule has 88 valence electrons. The first-order valence-corrected chi connectivity index (χ1v) is 6.10. The maximum atomic E-state index is 5.81. The zero-order valence-electron chi connectivity index (χ0n) is 9.46. The largest absolute Gasteiger partial charge is 0.481 e. The van der Waals surface area contributed by atoms with Gasteiger partial charge in [0.2, 0.25) is 5.88 Å². The fourth-order valence-electron chi connectivity index (χ4n) is 1.33. The normalized spacial score (nSPS) is 10.2. The minimum absolute atomic E-state index is 0.630. The van der Waals surface area contributed by atoms with Crippen LogP contribution in [-0.2, 0) is 5.75 Å². The predicted molar refractivity (Wildman–Crippen MR) is 69.0 cm³/mol. The summed E-state index contributed by atoms with van der Waals surface area (Å²) in [5, 5.41) is 0. The van der Waals surface area contributed by atoms with E-state index in [0.29, 0.717) is 11.6 Å². The smallest absolute Gasteiger partial charge is 0.213 e. The maximum Gasteiger partial charge on any atom is 0.213 e.